The fourth-order valence-electron chi connectivity index (χ4n) is 2.27. The molecule has 1 aliphatic heterocycles. The van der Waals surface area contributed by atoms with Gasteiger partial charge in [0.05, 0.1) is 0 Å². The average Bonchev–Trinajstić information content (AvgIpc) is 2.96. The van der Waals surface area contributed by atoms with E-state index in [4.69, 9.17) is 0 Å². The molecule has 0 bridgehead atoms. The van der Waals surface area contributed by atoms with Crippen LogP contribution in [-0.4, -0.2) is 39.1 Å². The summed E-state index contributed by atoms with van der Waals surface area (Å²) in [4.78, 5) is 1.11. The van der Waals surface area contributed by atoms with Crippen molar-refractivity contribution < 1.29 is 8.42 Å². The predicted molar refractivity (Wildman–Crippen MR) is 91.9 cm³/mol. The Morgan fingerprint density at radius 3 is 2.90 bits per heavy atom. The van der Waals surface area contributed by atoms with Gasteiger partial charge in [-0.1, -0.05) is 13.3 Å². The van der Waals surface area contributed by atoms with Gasteiger partial charge in [0.15, 0.2) is 0 Å². The van der Waals surface area contributed by atoms with Crippen molar-refractivity contribution in [2.24, 2.45) is 0 Å². The normalized spacial score (nSPS) is 19.8. The van der Waals surface area contributed by atoms with Gasteiger partial charge in [-0.25, -0.2) is 13.1 Å². The van der Waals surface area contributed by atoms with Crippen molar-refractivity contribution >= 4 is 33.1 Å². The second-order valence-electron chi connectivity index (χ2n) is 5.16. The number of rotatable bonds is 8. The van der Waals surface area contributed by atoms with E-state index in [0.717, 1.165) is 36.6 Å². The molecular formula is C14H24N2O2S3. The molecule has 0 aromatic carbocycles. The molecule has 1 aliphatic rings. The van der Waals surface area contributed by atoms with Gasteiger partial charge in [-0.05, 0) is 50.2 Å². The number of thioether (sulfide) groups is 1. The van der Waals surface area contributed by atoms with Crippen molar-refractivity contribution in [2.75, 3.05) is 25.4 Å². The summed E-state index contributed by atoms with van der Waals surface area (Å²) in [7, 11) is -3.33. The zero-order chi connectivity index (χ0) is 15.1. The Labute approximate surface area is 136 Å². The Kier molecular flexibility index (Phi) is 7.01. The summed E-state index contributed by atoms with van der Waals surface area (Å²) in [5.74, 6) is 1.15. The molecule has 1 unspecified atom stereocenters. The second kappa shape index (κ2) is 8.53. The fraction of sp³-hybridized carbons (Fsp3) is 0.714. The molecule has 1 aromatic heterocycles. The average molecular weight is 349 g/mol. The molecule has 120 valence electrons. The molecule has 1 fully saturated rings. The van der Waals surface area contributed by atoms with Gasteiger partial charge in [0.1, 0.15) is 4.21 Å². The van der Waals surface area contributed by atoms with Crippen molar-refractivity contribution in [1.29, 1.82) is 0 Å². The van der Waals surface area contributed by atoms with E-state index in [-0.39, 0.29) is 0 Å². The third-order valence-corrected chi connectivity index (χ3v) is 7.93. The predicted octanol–water partition coefficient (Wildman–Crippen LogP) is 2.46. The molecule has 1 aromatic rings. The largest absolute Gasteiger partial charge is 0.317 e. The van der Waals surface area contributed by atoms with Gasteiger partial charge < -0.3 is 5.32 Å². The Hall–Kier alpha value is -0.0800. The topological polar surface area (TPSA) is 58.2 Å². The molecule has 2 rings (SSSR count). The molecule has 7 heteroatoms. The maximum atomic E-state index is 12.3. The zero-order valence-electron chi connectivity index (χ0n) is 12.4. The van der Waals surface area contributed by atoms with Gasteiger partial charge in [-0.3, -0.25) is 0 Å². The molecule has 2 N–H and O–H groups in total. The minimum atomic E-state index is -3.33. The summed E-state index contributed by atoms with van der Waals surface area (Å²) >= 11 is 3.27. The SMILES string of the molecule is CCNCCc1ccc(S(=O)(=O)NCC2CCCCS2)s1. The van der Waals surface area contributed by atoms with Crippen LogP contribution in [0.15, 0.2) is 16.3 Å². The first-order valence-electron chi connectivity index (χ1n) is 7.52. The van der Waals surface area contributed by atoms with E-state index in [0.29, 0.717) is 16.0 Å². The van der Waals surface area contributed by atoms with Crippen molar-refractivity contribution in [3.8, 4) is 0 Å². The lowest BCUT2D eigenvalue weighted by Crippen LogP contribution is -2.31. The molecule has 21 heavy (non-hydrogen) atoms. The van der Waals surface area contributed by atoms with Crippen LogP contribution in [0.2, 0.25) is 0 Å². The summed E-state index contributed by atoms with van der Waals surface area (Å²) in [5, 5.41) is 3.68. The van der Waals surface area contributed by atoms with E-state index < -0.39 is 10.0 Å². The van der Waals surface area contributed by atoms with E-state index in [1.165, 1.54) is 24.2 Å². The number of sulfonamides is 1. The standard InChI is InChI=1S/C14H24N2O2S3/c1-2-15-9-8-12-6-7-14(20-12)21(17,18)16-11-13-5-3-4-10-19-13/h6-7,13,15-16H,2-5,8-11H2,1H3. The number of hydrogen-bond donors (Lipinski definition) is 2. The third-order valence-electron chi connectivity index (χ3n) is 3.48. The van der Waals surface area contributed by atoms with E-state index in [2.05, 4.69) is 17.0 Å². The third kappa shape index (κ3) is 5.56. The van der Waals surface area contributed by atoms with Crippen LogP contribution in [0.3, 0.4) is 0 Å². The molecule has 0 radical (unpaired) electrons. The first kappa shape index (κ1) is 17.3. The van der Waals surface area contributed by atoms with Gasteiger partial charge >= 0.3 is 0 Å². The molecule has 4 nitrogen and oxygen atoms in total. The first-order chi connectivity index (χ1) is 10.1. The van der Waals surface area contributed by atoms with Crippen molar-refractivity contribution in [2.45, 2.75) is 42.1 Å². The van der Waals surface area contributed by atoms with Crippen molar-refractivity contribution in [3.63, 3.8) is 0 Å². The van der Waals surface area contributed by atoms with Crippen LogP contribution in [0.4, 0.5) is 0 Å². The summed E-state index contributed by atoms with van der Waals surface area (Å²) < 4.78 is 27.8. The minimum Gasteiger partial charge on any atom is -0.317 e. The minimum absolute atomic E-state index is 0.432. The molecular weight excluding hydrogens is 324 g/mol. The lowest BCUT2D eigenvalue weighted by atomic mass is 10.2. The van der Waals surface area contributed by atoms with Crippen molar-refractivity contribution in [1.82, 2.24) is 10.0 Å². The lowest BCUT2D eigenvalue weighted by Gasteiger charge is -2.21. The molecule has 2 heterocycles. The summed E-state index contributed by atoms with van der Waals surface area (Å²) in [6.45, 7) is 4.45. The highest BCUT2D eigenvalue weighted by Crippen LogP contribution is 2.26. The van der Waals surface area contributed by atoms with Crippen LogP contribution >= 0.6 is 23.1 Å². The Balaban J connectivity index is 1.86. The molecule has 0 spiro atoms. The highest BCUT2D eigenvalue weighted by Gasteiger charge is 2.20. The molecule has 1 atom stereocenters. The van der Waals surface area contributed by atoms with Crippen LogP contribution in [-0.2, 0) is 16.4 Å². The van der Waals surface area contributed by atoms with Crippen LogP contribution < -0.4 is 10.0 Å². The van der Waals surface area contributed by atoms with Crippen LogP contribution in [0, 0.1) is 0 Å². The van der Waals surface area contributed by atoms with Crippen LogP contribution in [0.5, 0.6) is 0 Å². The Morgan fingerprint density at radius 2 is 2.19 bits per heavy atom. The summed E-state index contributed by atoms with van der Waals surface area (Å²) in [5.41, 5.74) is 0. The second-order valence-corrected chi connectivity index (χ2v) is 9.74. The zero-order valence-corrected chi connectivity index (χ0v) is 14.9. The van der Waals surface area contributed by atoms with E-state index in [1.54, 1.807) is 6.07 Å². The fourth-order valence-corrected chi connectivity index (χ4v) is 6.09. The smallest absolute Gasteiger partial charge is 0.250 e. The number of nitrogens with one attached hydrogen (secondary N) is 2. The number of hydrogen-bond acceptors (Lipinski definition) is 5. The van der Waals surface area contributed by atoms with Gasteiger partial charge in [0, 0.05) is 16.7 Å². The highest BCUT2D eigenvalue weighted by atomic mass is 32.2. The number of likely N-dealkylation sites (N-methyl/N-ethyl adjacent to an activating group) is 1. The monoisotopic (exact) mass is 348 g/mol. The van der Waals surface area contributed by atoms with E-state index in [1.807, 2.05) is 17.8 Å². The van der Waals surface area contributed by atoms with Crippen molar-refractivity contribution in [3.05, 3.63) is 17.0 Å². The maximum Gasteiger partial charge on any atom is 0.250 e. The van der Waals surface area contributed by atoms with E-state index >= 15 is 0 Å². The molecule has 1 saturated heterocycles. The van der Waals surface area contributed by atoms with Crippen LogP contribution in [0.25, 0.3) is 0 Å². The Bertz CT molecular complexity index is 522. The lowest BCUT2D eigenvalue weighted by molar-refractivity contribution is 0.576. The van der Waals surface area contributed by atoms with Gasteiger partial charge in [-0.2, -0.15) is 11.8 Å². The van der Waals surface area contributed by atoms with Gasteiger partial charge in [-0.15, -0.1) is 11.3 Å². The Morgan fingerprint density at radius 1 is 1.33 bits per heavy atom. The molecule has 0 aliphatic carbocycles. The van der Waals surface area contributed by atoms with Gasteiger partial charge in [0.25, 0.3) is 0 Å². The molecule has 0 amide bonds. The molecule has 0 saturated carbocycles. The van der Waals surface area contributed by atoms with E-state index in [9.17, 15) is 8.42 Å². The highest BCUT2D eigenvalue weighted by molar-refractivity contribution is 8.00. The number of thiophene rings is 1. The summed E-state index contributed by atoms with van der Waals surface area (Å²) in [6, 6.07) is 3.65. The van der Waals surface area contributed by atoms with Crippen LogP contribution in [0.1, 0.15) is 31.1 Å². The maximum absolute atomic E-state index is 12.3. The summed E-state index contributed by atoms with van der Waals surface area (Å²) in [6.07, 6.45) is 4.47. The first-order valence-corrected chi connectivity index (χ1v) is 10.9. The van der Waals surface area contributed by atoms with Gasteiger partial charge in [0.2, 0.25) is 10.0 Å². The quantitative estimate of drug-likeness (QED) is 0.709.